The second-order valence-electron chi connectivity index (χ2n) is 9.09. The molecule has 1 aliphatic rings. The summed E-state index contributed by atoms with van der Waals surface area (Å²) in [5, 5.41) is 7.81. The molecule has 0 atom stereocenters. The maximum atomic E-state index is 12.5. The van der Waals surface area contributed by atoms with Gasteiger partial charge < -0.3 is 25.0 Å². The van der Waals surface area contributed by atoms with Crippen LogP contribution in [-0.2, 0) is 11.3 Å². The van der Waals surface area contributed by atoms with E-state index in [1.54, 1.807) is 12.0 Å². The predicted molar refractivity (Wildman–Crippen MR) is 149 cm³/mol. The van der Waals surface area contributed by atoms with E-state index in [1.165, 1.54) is 6.33 Å². The monoisotopic (exact) mass is 507 g/mol. The fourth-order valence-corrected chi connectivity index (χ4v) is 4.53. The first-order valence-corrected chi connectivity index (χ1v) is 12.5. The Bertz CT molecular complexity index is 1460. The second kappa shape index (κ2) is 11.5. The molecule has 0 radical (unpaired) electrons. The van der Waals surface area contributed by atoms with Crippen molar-refractivity contribution in [2.75, 3.05) is 30.8 Å². The Morgan fingerprint density at radius 2 is 1.89 bits per heavy atom. The zero-order chi connectivity index (χ0) is 26.3. The Hall–Kier alpha value is -4.77. The number of hydrogen-bond donors (Lipinski definition) is 2. The molecule has 1 aliphatic heterocycles. The maximum Gasteiger partial charge on any atom is 0.410 e. The number of nitrogens with one attached hydrogen (secondary N) is 2. The molecule has 1 amide bonds. The van der Waals surface area contributed by atoms with Crippen LogP contribution in [0, 0.1) is 12.3 Å². The van der Waals surface area contributed by atoms with E-state index in [-0.39, 0.29) is 18.7 Å². The van der Waals surface area contributed by atoms with Crippen LogP contribution in [0.5, 0.6) is 5.75 Å². The summed E-state index contributed by atoms with van der Waals surface area (Å²) < 4.78 is 11.2. The number of anilines is 3. The lowest BCUT2D eigenvalue weighted by Gasteiger charge is -2.32. The number of nitrogens with zero attached hydrogens (tertiary/aromatic N) is 3. The van der Waals surface area contributed by atoms with Gasteiger partial charge in [-0.1, -0.05) is 42.3 Å². The minimum Gasteiger partial charge on any atom is -0.495 e. The van der Waals surface area contributed by atoms with E-state index in [1.807, 2.05) is 66.7 Å². The molecule has 0 unspecified atom stereocenters. The Morgan fingerprint density at radius 1 is 1.08 bits per heavy atom. The van der Waals surface area contributed by atoms with Gasteiger partial charge in [-0.15, -0.1) is 6.42 Å². The van der Waals surface area contributed by atoms with E-state index in [4.69, 9.17) is 15.9 Å². The number of benzene rings is 3. The number of ether oxygens (including phenoxy) is 2. The molecule has 3 aromatic carbocycles. The van der Waals surface area contributed by atoms with Crippen molar-refractivity contribution in [2.24, 2.45) is 0 Å². The number of aromatic nitrogens is 2. The standard InChI is InChI=1S/C30H29N5O3/c1-3-21-10-7-11-24(16-21)34-29-25-17-27(28(37-2)18-26(25)31-20-32-29)33-23-12-14-35(15-13-23)30(36)38-19-22-8-5-4-6-9-22/h1,4-11,16-18,20,23,33H,12-15,19H2,2H3,(H,31,32,34). The summed E-state index contributed by atoms with van der Waals surface area (Å²) in [5.74, 6) is 4.02. The van der Waals surface area contributed by atoms with Crippen molar-refractivity contribution in [1.29, 1.82) is 0 Å². The maximum absolute atomic E-state index is 12.5. The van der Waals surface area contributed by atoms with Crippen LogP contribution in [0.15, 0.2) is 73.1 Å². The molecule has 1 saturated heterocycles. The SMILES string of the molecule is C#Cc1cccc(Nc2ncnc3cc(OC)c(NC4CCN(C(=O)OCc5ccccc5)CC4)cc23)c1. The minimum atomic E-state index is -0.280. The number of piperidine rings is 1. The molecule has 5 rings (SSSR count). The number of methoxy groups -OCH3 is 1. The number of likely N-dealkylation sites (tertiary alicyclic amines) is 1. The number of carbonyl (C=O) groups excluding carboxylic acids is 1. The molecule has 0 bridgehead atoms. The zero-order valence-corrected chi connectivity index (χ0v) is 21.2. The molecule has 1 fully saturated rings. The number of hydrogen-bond acceptors (Lipinski definition) is 7. The summed E-state index contributed by atoms with van der Waals surface area (Å²) in [5.41, 5.74) is 4.21. The zero-order valence-electron chi connectivity index (χ0n) is 21.2. The van der Waals surface area contributed by atoms with Gasteiger partial charge in [0.2, 0.25) is 0 Å². The topological polar surface area (TPSA) is 88.6 Å². The van der Waals surface area contributed by atoms with Crippen LogP contribution in [-0.4, -0.2) is 47.2 Å². The Morgan fingerprint density at radius 3 is 2.66 bits per heavy atom. The molecule has 1 aromatic heterocycles. The van der Waals surface area contributed by atoms with E-state index in [9.17, 15) is 4.79 Å². The van der Waals surface area contributed by atoms with Gasteiger partial charge in [-0.2, -0.15) is 0 Å². The Labute approximate surface area is 222 Å². The largest absolute Gasteiger partial charge is 0.495 e. The normalized spacial score (nSPS) is 13.5. The van der Waals surface area contributed by atoms with Crippen LogP contribution >= 0.6 is 0 Å². The van der Waals surface area contributed by atoms with E-state index in [0.29, 0.717) is 24.7 Å². The Balaban J connectivity index is 1.26. The minimum absolute atomic E-state index is 0.174. The van der Waals surface area contributed by atoms with E-state index >= 15 is 0 Å². The van der Waals surface area contributed by atoms with Gasteiger partial charge in [-0.3, -0.25) is 0 Å². The molecule has 192 valence electrons. The summed E-state index contributed by atoms with van der Waals surface area (Å²) in [7, 11) is 1.64. The fourth-order valence-electron chi connectivity index (χ4n) is 4.53. The molecule has 0 spiro atoms. The first kappa shape index (κ1) is 24.9. The predicted octanol–water partition coefficient (Wildman–Crippen LogP) is 5.58. The number of terminal acetylenes is 1. The number of carbonyl (C=O) groups is 1. The molecule has 8 nitrogen and oxygen atoms in total. The lowest BCUT2D eigenvalue weighted by Crippen LogP contribution is -2.42. The summed E-state index contributed by atoms with van der Waals surface area (Å²) in [6.07, 6.45) is 8.37. The third kappa shape index (κ3) is 5.79. The van der Waals surface area contributed by atoms with Crippen LogP contribution in [0.4, 0.5) is 22.0 Å². The van der Waals surface area contributed by atoms with E-state index < -0.39 is 0 Å². The quantitative estimate of drug-likeness (QED) is 0.316. The highest BCUT2D eigenvalue weighted by Crippen LogP contribution is 2.34. The van der Waals surface area contributed by atoms with E-state index in [0.717, 1.165) is 46.2 Å². The number of amides is 1. The van der Waals surface area contributed by atoms with Gasteiger partial charge in [0, 0.05) is 41.8 Å². The fraction of sp³-hybridized carbons (Fsp3) is 0.233. The van der Waals surface area contributed by atoms with Crippen molar-refractivity contribution in [2.45, 2.75) is 25.5 Å². The highest BCUT2D eigenvalue weighted by molar-refractivity contribution is 5.95. The molecule has 2 heterocycles. The van der Waals surface area contributed by atoms with Gasteiger partial charge in [0.15, 0.2) is 0 Å². The first-order valence-electron chi connectivity index (χ1n) is 12.5. The van der Waals surface area contributed by atoms with Crippen molar-refractivity contribution < 1.29 is 14.3 Å². The molecular weight excluding hydrogens is 478 g/mol. The lowest BCUT2D eigenvalue weighted by atomic mass is 10.0. The number of fused-ring (bicyclic) bond motifs is 1. The second-order valence-corrected chi connectivity index (χ2v) is 9.09. The van der Waals surface area contributed by atoms with Crippen molar-refractivity contribution >= 4 is 34.2 Å². The van der Waals surface area contributed by atoms with Gasteiger partial charge in [0.25, 0.3) is 0 Å². The van der Waals surface area contributed by atoms with Crippen molar-refractivity contribution in [1.82, 2.24) is 14.9 Å². The van der Waals surface area contributed by atoms with Crippen molar-refractivity contribution in [3.63, 3.8) is 0 Å². The van der Waals surface area contributed by atoms with Gasteiger partial charge in [-0.05, 0) is 42.7 Å². The average molecular weight is 508 g/mol. The lowest BCUT2D eigenvalue weighted by molar-refractivity contribution is 0.0881. The van der Waals surface area contributed by atoms with Crippen LogP contribution in [0.1, 0.15) is 24.0 Å². The molecule has 0 aliphatic carbocycles. The molecule has 2 N–H and O–H groups in total. The summed E-state index contributed by atoms with van der Waals surface area (Å²) >= 11 is 0. The third-order valence-corrected chi connectivity index (χ3v) is 6.57. The molecule has 8 heteroatoms. The summed E-state index contributed by atoms with van der Waals surface area (Å²) in [6.45, 7) is 1.50. The smallest absolute Gasteiger partial charge is 0.410 e. The van der Waals surface area contributed by atoms with Gasteiger partial charge >= 0.3 is 6.09 Å². The van der Waals surface area contributed by atoms with Crippen LogP contribution in [0.3, 0.4) is 0 Å². The van der Waals surface area contributed by atoms with Crippen molar-refractivity contribution in [3.8, 4) is 18.1 Å². The van der Waals surface area contributed by atoms with Gasteiger partial charge in [0.05, 0.1) is 18.3 Å². The van der Waals surface area contributed by atoms with Crippen molar-refractivity contribution in [3.05, 3.63) is 84.2 Å². The molecule has 38 heavy (non-hydrogen) atoms. The van der Waals surface area contributed by atoms with Crippen LogP contribution in [0.25, 0.3) is 10.9 Å². The average Bonchev–Trinajstić information content (AvgIpc) is 2.97. The third-order valence-electron chi connectivity index (χ3n) is 6.57. The van der Waals surface area contributed by atoms with E-state index in [2.05, 4.69) is 26.5 Å². The molecule has 4 aromatic rings. The highest BCUT2D eigenvalue weighted by Gasteiger charge is 2.25. The van der Waals surface area contributed by atoms with Crippen LogP contribution < -0.4 is 15.4 Å². The Kier molecular flexibility index (Phi) is 7.55. The molecular formula is C30H29N5O3. The summed E-state index contributed by atoms with van der Waals surface area (Å²) in [6, 6.07) is 21.4. The van der Waals surface area contributed by atoms with Gasteiger partial charge in [0.1, 0.15) is 24.5 Å². The van der Waals surface area contributed by atoms with Gasteiger partial charge in [-0.25, -0.2) is 14.8 Å². The molecule has 0 saturated carbocycles. The summed E-state index contributed by atoms with van der Waals surface area (Å²) in [4.78, 5) is 23.2. The first-order chi connectivity index (χ1) is 18.6. The highest BCUT2D eigenvalue weighted by atomic mass is 16.6. The van der Waals surface area contributed by atoms with Crippen LogP contribution in [0.2, 0.25) is 0 Å². The number of rotatable bonds is 7.